The predicted octanol–water partition coefficient (Wildman–Crippen LogP) is 2.66. The Labute approximate surface area is 124 Å². The van der Waals surface area contributed by atoms with E-state index in [1.165, 1.54) is 17.7 Å². The zero-order valence-electron chi connectivity index (χ0n) is 11.0. The first-order valence-corrected chi connectivity index (χ1v) is 7.76. The van der Waals surface area contributed by atoms with Gasteiger partial charge in [0.2, 0.25) is 5.91 Å². The molecule has 3 nitrogen and oxygen atoms in total. The van der Waals surface area contributed by atoms with E-state index in [2.05, 4.69) is 27.7 Å². The SMILES string of the molecule is Cl.O=C([C@@H]1CCCNC1)N(Cc1cccs1)C1CC1. The Morgan fingerprint density at radius 1 is 1.42 bits per heavy atom. The van der Waals surface area contributed by atoms with Crippen LogP contribution in [0.15, 0.2) is 17.5 Å². The molecule has 2 heterocycles. The van der Waals surface area contributed by atoms with Gasteiger partial charge in [-0.1, -0.05) is 6.07 Å². The quantitative estimate of drug-likeness (QED) is 0.927. The van der Waals surface area contributed by atoms with Gasteiger partial charge in [-0.25, -0.2) is 0 Å². The first-order chi connectivity index (χ1) is 8.84. The molecule has 0 spiro atoms. The lowest BCUT2D eigenvalue weighted by Crippen LogP contribution is -2.43. The summed E-state index contributed by atoms with van der Waals surface area (Å²) in [4.78, 5) is 16.0. The van der Waals surface area contributed by atoms with E-state index in [-0.39, 0.29) is 18.3 Å². The number of hydrogen-bond acceptors (Lipinski definition) is 3. The minimum atomic E-state index is 0. The van der Waals surface area contributed by atoms with Crippen LogP contribution in [0.3, 0.4) is 0 Å². The van der Waals surface area contributed by atoms with Gasteiger partial charge in [0.15, 0.2) is 0 Å². The van der Waals surface area contributed by atoms with E-state index in [1.54, 1.807) is 11.3 Å². The fourth-order valence-corrected chi connectivity index (χ4v) is 3.34. The highest BCUT2D eigenvalue weighted by Gasteiger charge is 2.36. The van der Waals surface area contributed by atoms with Crippen molar-refractivity contribution in [3.63, 3.8) is 0 Å². The monoisotopic (exact) mass is 300 g/mol. The van der Waals surface area contributed by atoms with Crippen molar-refractivity contribution in [1.82, 2.24) is 10.2 Å². The molecule has 1 saturated heterocycles. The summed E-state index contributed by atoms with van der Waals surface area (Å²) in [6.07, 6.45) is 4.57. The lowest BCUT2D eigenvalue weighted by molar-refractivity contribution is -0.137. The maximum Gasteiger partial charge on any atom is 0.227 e. The van der Waals surface area contributed by atoms with Crippen LogP contribution in [0.2, 0.25) is 0 Å². The summed E-state index contributed by atoms with van der Waals surface area (Å²) in [5.41, 5.74) is 0. The molecule has 1 aromatic heterocycles. The summed E-state index contributed by atoms with van der Waals surface area (Å²) in [6, 6.07) is 4.71. The number of thiophene rings is 1. The first kappa shape index (κ1) is 14.8. The van der Waals surface area contributed by atoms with Crippen LogP contribution in [0.5, 0.6) is 0 Å². The van der Waals surface area contributed by atoms with Crippen LogP contribution in [0.25, 0.3) is 0 Å². The Kier molecular flexibility index (Phi) is 5.25. The molecule has 0 radical (unpaired) electrons. The maximum atomic E-state index is 12.6. The molecule has 1 N–H and O–H groups in total. The normalized spacial score (nSPS) is 22.6. The van der Waals surface area contributed by atoms with Gasteiger partial charge in [-0.15, -0.1) is 23.7 Å². The minimum absolute atomic E-state index is 0. The van der Waals surface area contributed by atoms with Crippen molar-refractivity contribution in [2.75, 3.05) is 13.1 Å². The van der Waals surface area contributed by atoms with Gasteiger partial charge in [-0.3, -0.25) is 4.79 Å². The Morgan fingerprint density at radius 3 is 2.84 bits per heavy atom. The zero-order valence-corrected chi connectivity index (χ0v) is 12.6. The molecule has 1 aliphatic carbocycles. The van der Waals surface area contributed by atoms with Gasteiger partial charge in [0.1, 0.15) is 0 Å². The molecule has 5 heteroatoms. The van der Waals surface area contributed by atoms with Crippen molar-refractivity contribution in [3.8, 4) is 0 Å². The minimum Gasteiger partial charge on any atom is -0.334 e. The third-order valence-corrected chi connectivity index (χ3v) is 4.68. The van der Waals surface area contributed by atoms with E-state index in [1.807, 2.05) is 0 Å². The second kappa shape index (κ2) is 6.73. The van der Waals surface area contributed by atoms with Crippen molar-refractivity contribution in [1.29, 1.82) is 0 Å². The molecule has 0 unspecified atom stereocenters. The Morgan fingerprint density at radius 2 is 2.26 bits per heavy atom. The average Bonchev–Trinajstić information content (AvgIpc) is 3.13. The number of nitrogens with one attached hydrogen (secondary N) is 1. The molecule has 106 valence electrons. The number of rotatable bonds is 4. The van der Waals surface area contributed by atoms with Crippen molar-refractivity contribution in [2.45, 2.75) is 38.3 Å². The van der Waals surface area contributed by atoms with Crippen molar-refractivity contribution >= 4 is 29.7 Å². The molecule has 0 aromatic carbocycles. The van der Waals surface area contributed by atoms with Gasteiger partial charge in [0.25, 0.3) is 0 Å². The summed E-state index contributed by atoms with van der Waals surface area (Å²) in [5, 5.41) is 5.43. The van der Waals surface area contributed by atoms with Gasteiger partial charge in [0, 0.05) is 17.5 Å². The molecule has 1 atom stereocenters. The largest absolute Gasteiger partial charge is 0.334 e. The molecule has 1 aromatic rings. The number of hydrogen-bond donors (Lipinski definition) is 1. The van der Waals surface area contributed by atoms with Crippen molar-refractivity contribution in [2.24, 2.45) is 5.92 Å². The maximum absolute atomic E-state index is 12.6. The molecule has 19 heavy (non-hydrogen) atoms. The van der Waals surface area contributed by atoms with E-state index in [4.69, 9.17) is 0 Å². The third-order valence-electron chi connectivity index (χ3n) is 3.82. The van der Waals surface area contributed by atoms with Gasteiger partial charge >= 0.3 is 0 Å². The number of halogens is 1. The standard InChI is InChI=1S/C14H20N2OS.ClH/c17-14(11-3-1-7-15-9-11)16(12-5-6-12)10-13-4-2-8-18-13;/h2,4,8,11-12,15H,1,3,5-7,9-10H2;1H/t11-;/m1./s1. The topological polar surface area (TPSA) is 32.3 Å². The number of piperidine rings is 1. The van der Waals surface area contributed by atoms with Gasteiger partial charge < -0.3 is 10.2 Å². The second-order valence-electron chi connectivity index (χ2n) is 5.32. The van der Waals surface area contributed by atoms with E-state index in [0.29, 0.717) is 11.9 Å². The molecule has 1 amide bonds. The molecule has 2 fully saturated rings. The van der Waals surface area contributed by atoms with Crippen LogP contribution in [0, 0.1) is 5.92 Å². The summed E-state index contributed by atoms with van der Waals surface area (Å²) in [7, 11) is 0. The summed E-state index contributed by atoms with van der Waals surface area (Å²) < 4.78 is 0. The highest BCUT2D eigenvalue weighted by atomic mass is 35.5. The second-order valence-corrected chi connectivity index (χ2v) is 6.35. The summed E-state index contributed by atoms with van der Waals surface area (Å²) in [6.45, 7) is 2.75. The van der Waals surface area contributed by atoms with Crippen molar-refractivity contribution < 1.29 is 4.79 Å². The third kappa shape index (κ3) is 3.71. The molecular weight excluding hydrogens is 280 g/mol. The van der Waals surface area contributed by atoms with E-state index in [0.717, 1.165) is 32.5 Å². The van der Waals surface area contributed by atoms with E-state index < -0.39 is 0 Å². The lowest BCUT2D eigenvalue weighted by Gasteiger charge is -2.29. The van der Waals surface area contributed by atoms with Crippen LogP contribution in [-0.4, -0.2) is 29.9 Å². The van der Waals surface area contributed by atoms with Crippen LogP contribution in [0.1, 0.15) is 30.6 Å². The number of amides is 1. The Balaban J connectivity index is 0.00000133. The highest BCUT2D eigenvalue weighted by Crippen LogP contribution is 2.31. The number of carbonyl (C=O) groups excluding carboxylic acids is 1. The fraction of sp³-hybridized carbons (Fsp3) is 0.643. The summed E-state index contributed by atoms with van der Waals surface area (Å²) >= 11 is 1.75. The number of nitrogens with zero attached hydrogens (tertiary/aromatic N) is 1. The first-order valence-electron chi connectivity index (χ1n) is 6.88. The molecule has 1 aliphatic heterocycles. The lowest BCUT2D eigenvalue weighted by atomic mass is 9.98. The highest BCUT2D eigenvalue weighted by molar-refractivity contribution is 7.09. The van der Waals surface area contributed by atoms with E-state index >= 15 is 0 Å². The number of carbonyl (C=O) groups is 1. The van der Waals surface area contributed by atoms with Crippen LogP contribution < -0.4 is 5.32 Å². The smallest absolute Gasteiger partial charge is 0.227 e. The molecular formula is C14H21ClN2OS. The van der Waals surface area contributed by atoms with Gasteiger partial charge in [0.05, 0.1) is 12.5 Å². The van der Waals surface area contributed by atoms with Crippen LogP contribution in [-0.2, 0) is 11.3 Å². The van der Waals surface area contributed by atoms with Gasteiger partial charge in [-0.2, -0.15) is 0 Å². The van der Waals surface area contributed by atoms with E-state index in [9.17, 15) is 4.79 Å². The Hall–Kier alpha value is -0.580. The average molecular weight is 301 g/mol. The van der Waals surface area contributed by atoms with Crippen LogP contribution >= 0.6 is 23.7 Å². The Bertz CT molecular complexity index is 400. The molecule has 3 rings (SSSR count). The van der Waals surface area contributed by atoms with Gasteiger partial charge in [-0.05, 0) is 43.7 Å². The zero-order chi connectivity index (χ0) is 12.4. The predicted molar refractivity (Wildman–Crippen MR) is 80.7 cm³/mol. The molecule has 1 saturated carbocycles. The molecule has 0 bridgehead atoms. The summed E-state index contributed by atoms with van der Waals surface area (Å²) in [5.74, 6) is 0.581. The molecule has 2 aliphatic rings. The van der Waals surface area contributed by atoms with Crippen molar-refractivity contribution in [3.05, 3.63) is 22.4 Å². The fourth-order valence-electron chi connectivity index (χ4n) is 2.64. The van der Waals surface area contributed by atoms with Crippen LogP contribution in [0.4, 0.5) is 0 Å².